The standard InChI is InChI=1S/C10H15NO/c1-7(8-2-3-8)6-10(12)11-9-4-5-9/h6,8-9H,2-5H2,1H3,(H,11,12)/b7-6+. The molecule has 0 heterocycles. The van der Waals surface area contributed by atoms with Gasteiger partial charge in [-0.3, -0.25) is 4.79 Å². The number of carbonyl (C=O) groups excluding carboxylic acids is 1. The van der Waals surface area contributed by atoms with Crippen molar-refractivity contribution in [1.82, 2.24) is 5.32 Å². The molecule has 0 spiro atoms. The molecule has 66 valence electrons. The summed E-state index contributed by atoms with van der Waals surface area (Å²) in [6.07, 6.45) is 6.66. The maximum atomic E-state index is 11.2. The first kappa shape index (κ1) is 7.84. The number of nitrogens with one attached hydrogen (secondary N) is 1. The fourth-order valence-corrected chi connectivity index (χ4v) is 1.33. The van der Waals surface area contributed by atoms with Crippen LogP contribution in [0.15, 0.2) is 11.6 Å². The molecule has 2 fully saturated rings. The topological polar surface area (TPSA) is 29.1 Å². The zero-order valence-electron chi connectivity index (χ0n) is 7.47. The molecule has 2 heteroatoms. The molecular weight excluding hydrogens is 150 g/mol. The summed E-state index contributed by atoms with van der Waals surface area (Å²) in [6.45, 7) is 2.06. The molecule has 2 rings (SSSR count). The number of hydrogen-bond acceptors (Lipinski definition) is 1. The molecule has 0 saturated heterocycles. The lowest BCUT2D eigenvalue weighted by Gasteiger charge is -1.99. The van der Waals surface area contributed by atoms with E-state index in [-0.39, 0.29) is 5.91 Å². The average molecular weight is 165 g/mol. The summed E-state index contributed by atoms with van der Waals surface area (Å²) in [5.74, 6) is 0.830. The van der Waals surface area contributed by atoms with Crippen molar-refractivity contribution in [2.45, 2.75) is 38.6 Å². The molecule has 12 heavy (non-hydrogen) atoms. The van der Waals surface area contributed by atoms with Crippen LogP contribution in [0.5, 0.6) is 0 Å². The van der Waals surface area contributed by atoms with E-state index >= 15 is 0 Å². The molecule has 0 aromatic carbocycles. The Kier molecular flexibility index (Phi) is 1.91. The minimum atomic E-state index is 0.113. The summed E-state index contributed by atoms with van der Waals surface area (Å²) in [4.78, 5) is 11.2. The van der Waals surface area contributed by atoms with Crippen LogP contribution in [0.1, 0.15) is 32.6 Å². The van der Waals surface area contributed by atoms with Crippen LogP contribution in [0.2, 0.25) is 0 Å². The zero-order valence-corrected chi connectivity index (χ0v) is 7.47. The molecule has 0 aromatic heterocycles. The Morgan fingerprint density at radius 3 is 2.50 bits per heavy atom. The van der Waals surface area contributed by atoms with E-state index in [0.717, 1.165) is 5.92 Å². The van der Waals surface area contributed by atoms with E-state index in [1.807, 2.05) is 0 Å². The number of carbonyl (C=O) groups is 1. The van der Waals surface area contributed by atoms with Gasteiger partial charge >= 0.3 is 0 Å². The van der Waals surface area contributed by atoms with Crippen LogP contribution < -0.4 is 5.32 Å². The Morgan fingerprint density at radius 1 is 1.33 bits per heavy atom. The number of allylic oxidation sites excluding steroid dienone is 1. The number of rotatable bonds is 3. The van der Waals surface area contributed by atoms with Gasteiger partial charge in [0.15, 0.2) is 0 Å². The second-order valence-electron chi connectivity index (χ2n) is 3.95. The second kappa shape index (κ2) is 2.92. The van der Waals surface area contributed by atoms with Gasteiger partial charge in [0.2, 0.25) is 5.91 Å². The van der Waals surface area contributed by atoms with E-state index in [1.165, 1.54) is 31.3 Å². The van der Waals surface area contributed by atoms with Crippen LogP contribution in [0.25, 0.3) is 0 Å². The van der Waals surface area contributed by atoms with Gasteiger partial charge in [-0.25, -0.2) is 0 Å². The molecule has 2 nitrogen and oxygen atoms in total. The van der Waals surface area contributed by atoms with Crippen LogP contribution in [0, 0.1) is 5.92 Å². The van der Waals surface area contributed by atoms with Gasteiger partial charge in [0.05, 0.1) is 0 Å². The monoisotopic (exact) mass is 165 g/mol. The summed E-state index contributed by atoms with van der Waals surface area (Å²) >= 11 is 0. The minimum absolute atomic E-state index is 0.113. The number of hydrogen-bond donors (Lipinski definition) is 1. The second-order valence-corrected chi connectivity index (χ2v) is 3.95. The fourth-order valence-electron chi connectivity index (χ4n) is 1.33. The van der Waals surface area contributed by atoms with Crippen LogP contribution in [0.4, 0.5) is 0 Å². The highest BCUT2D eigenvalue weighted by Gasteiger charge is 2.25. The van der Waals surface area contributed by atoms with Crippen LogP contribution in [-0.2, 0) is 4.79 Å². The highest BCUT2D eigenvalue weighted by Crippen LogP contribution is 2.35. The smallest absolute Gasteiger partial charge is 0.244 e. The molecule has 1 N–H and O–H groups in total. The average Bonchev–Trinajstić information content (AvgIpc) is 2.83. The van der Waals surface area contributed by atoms with Gasteiger partial charge in [-0.05, 0) is 38.5 Å². The third-order valence-electron chi connectivity index (χ3n) is 2.50. The van der Waals surface area contributed by atoms with E-state index < -0.39 is 0 Å². The molecule has 0 atom stereocenters. The molecule has 2 aliphatic carbocycles. The van der Waals surface area contributed by atoms with Gasteiger partial charge in [-0.2, -0.15) is 0 Å². The van der Waals surface area contributed by atoms with Gasteiger partial charge in [0.1, 0.15) is 0 Å². The van der Waals surface area contributed by atoms with Gasteiger partial charge < -0.3 is 5.32 Å². The van der Waals surface area contributed by atoms with Crippen molar-refractivity contribution in [3.8, 4) is 0 Å². The van der Waals surface area contributed by atoms with Gasteiger partial charge in [0.25, 0.3) is 0 Å². The van der Waals surface area contributed by atoms with E-state index in [4.69, 9.17) is 0 Å². The molecule has 0 aromatic rings. The van der Waals surface area contributed by atoms with Gasteiger partial charge in [-0.15, -0.1) is 0 Å². The SMILES string of the molecule is C/C(=C\C(=O)NC1CC1)C1CC1. The molecule has 0 unspecified atom stereocenters. The fraction of sp³-hybridized carbons (Fsp3) is 0.700. The summed E-state index contributed by atoms with van der Waals surface area (Å²) in [6, 6.07) is 0.487. The Bertz CT molecular complexity index is 224. The van der Waals surface area contributed by atoms with Gasteiger partial charge in [-0.1, -0.05) is 5.57 Å². The summed E-state index contributed by atoms with van der Waals surface area (Å²) in [5.41, 5.74) is 1.26. The molecule has 1 amide bonds. The summed E-state index contributed by atoms with van der Waals surface area (Å²) < 4.78 is 0. The lowest BCUT2D eigenvalue weighted by atomic mass is 10.2. The van der Waals surface area contributed by atoms with E-state index in [1.54, 1.807) is 6.08 Å². The molecular formula is C10H15NO. The first-order valence-corrected chi connectivity index (χ1v) is 4.74. The maximum absolute atomic E-state index is 11.2. The minimum Gasteiger partial charge on any atom is -0.350 e. The van der Waals surface area contributed by atoms with Gasteiger partial charge in [0, 0.05) is 12.1 Å². The summed E-state index contributed by atoms with van der Waals surface area (Å²) in [5, 5.41) is 2.95. The largest absolute Gasteiger partial charge is 0.350 e. The quantitative estimate of drug-likeness (QED) is 0.633. The van der Waals surface area contributed by atoms with E-state index in [0.29, 0.717) is 6.04 Å². The first-order valence-electron chi connectivity index (χ1n) is 4.74. The molecule has 0 radical (unpaired) electrons. The van der Waals surface area contributed by atoms with Crippen molar-refractivity contribution in [2.75, 3.05) is 0 Å². The van der Waals surface area contributed by atoms with Crippen molar-refractivity contribution in [3.05, 3.63) is 11.6 Å². The molecule has 0 aliphatic heterocycles. The van der Waals surface area contributed by atoms with Crippen molar-refractivity contribution in [1.29, 1.82) is 0 Å². The lowest BCUT2D eigenvalue weighted by Crippen LogP contribution is -2.23. The zero-order chi connectivity index (χ0) is 8.55. The summed E-state index contributed by atoms with van der Waals surface area (Å²) in [7, 11) is 0. The van der Waals surface area contributed by atoms with Crippen molar-refractivity contribution in [3.63, 3.8) is 0 Å². The normalized spacial score (nSPS) is 23.9. The van der Waals surface area contributed by atoms with Crippen molar-refractivity contribution >= 4 is 5.91 Å². The van der Waals surface area contributed by atoms with Crippen molar-refractivity contribution in [2.24, 2.45) is 5.92 Å². The lowest BCUT2D eigenvalue weighted by molar-refractivity contribution is -0.116. The Balaban J connectivity index is 1.81. The molecule has 0 bridgehead atoms. The third kappa shape index (κ3) is 2.10. The maximum Gasteiger partial charge on any atom is 0.244 e. The van der Waals surface area contributed by atoms with Crippen LogP contribution in [0.3, 0.4) is 0 Å². The van der Waals surface area contributed by atoms with Crippen LogP contribution >= 0.6 is 0 Å². The Morgan fingerprint density at radius 2 is 2.00 bits per heavy atom. The number of amides is 1. The van der Waals surface area contributed by atoms with E-state index in [2.05, 4.69) is 12.2 Å². The Labute approximate surface area is 73.0 Å². The molecule has 2 aliphatic rings. The highest BCUT2D eigenvalue weighted by molar-refractivity contribution is 5.88. The van der Waals surface area contributed by atoms with Crippen LogP contribution in [-0.4, -0.2) is 11.9 Å². The Hall–Kier alpha value is -0.790. The van der Waals surface area contributed by atoms with E-state index in [9.17, 15) is 4.79 Å². The highest BCUT2D eigenvalue weighted by atomic mass is 16.1. The predicted molar refractivity (Wildman–Crippen MR) is 47.6 cm³/mol. The molecule has 2 saturated carbocycles. The van der Waals surface area contributed by atoms with Crippen molar-refractivity contribution < 1.29 is 4.79 Å². The predicted octanol–water partition coefficient (Wildman–Crippen LogP) is 1.62. The first-order chi connectivity index (χ1) is 5.75. The third-order valence-corrected chi connectivity index (χ3v) is 2.50.